The molecule has 0 saturated heterocycles. The molecular formula is C50H78NO8P. The molecule has 1 unspecified atom stereocenters. The lowest BCUT2D eigenvalue weighted by atomic mass is 10.2. The summed E-state index contributed by atoms with van der Waals surface area (Å²) in [6, 6.07) is 0. The van der Waals surface area contributed by atoms with Crippen molar-refractivity contribution in [2.45, 2.75) is 123 Å². The van der Waals surface area contributed by atoms with Gasteiger partial charge in [-0.25, -0.2) is 0 Å². The van der Waals surface area contributed by atoms with E-state index in [0.717, 1.165) is 70.6 Å². The lowest BCUT2D eigenvalue weighted by Gasteiger charge is -2.28. The number of carbonyl (C=O) groups excluding carboxylic acids is 2. The van der Waals surface area contributed by atoms with Crippen molar-refractivity contribution >= 4 is 19.8 Å². The Morgan fingerprint density at radius 3 is 1.30 bits per heavy atom. The smallest absolute Gasteiger partial charge is 0.306 e. The van der Waals surface area contributed by atoms with Gasteiger partial charge in [-0.05, 0) is 89.9 Å². The summed E-state index contributed by atoms with van der Waals surface area (Å²) in [5, 5.41) is 0. The average Bonchev–Trinajstić information content (AvgIpc) is 3.20. The van der Waals surface area contributed by atoms with E-state index in [1.807, 2.05) is 39.4 Å². The van der Waals surface area contributed by atoms with Crippen LogP contribution in [0.3, 0.4) is 0 Å². The van der Waals surface area contributed by atoms with E-state index in [-0.39, 0.29) is 26.1 Å². The Bertz CT molecular complexity index is 1470. The van der Waals surface area contributed by atoms with Crippen molar-refractivity contribution in [3.05, 3.63) is 134 Å². The van der Waals surface area contributed by atoms with E-state index >= 15 is 0 Å². The van der Waals surface area contributed by atoms with Gasteiger partial charge in [0.1, 0.15) is 19.8 Å². The van der Waals surface area contributed by atoms with Gasteiger partial charge in [0, 0.05) is 12.8 Å². The zero-order chi connectivity index (χ0) is 44.3. The molecule has 9 nitrogen and oxygen atoms in total. The first-order valence-electron chi connectivity index (χ1n) is 21.9. The van der Waals surface area contributed by atoms with Gasteiger partial charge in [0.2, 0.25) is 0 Å². The van der Waals surface area contributed by atoms with Gasteiger partial charge in [-0.2, -0.15) is 0 Å². The first-order valence-corrected chi connectivity index (χ1v) is 23.4. The lowest BCUT2D eigenvalue weighted by Crippen LogP contribution is -2.37. The minimum absolute atomic E-state index is 0.0614. The lowest BCUT2D eigenvalue weighted by molar-refractivity contribution is -0.870. The molecule has 0 aliphatic rings. The minimum atomic E-state index is -4.67. The normalized spacial score (nSPS) is 14.8. The maximum atomic E-state index is 12.7. The maximum absolute atomic E-state index is 12.7. The number of unbranched alkanes of at least 4 members (excludes halogenated alkanes) is 1. The minimum Gasteiger partial charge on any atom is -0.756 e. The topological polar surface area (TPSA) is 111 Å². The zero-order valence-corrected chi connectivity index (χ0v) is 38.5. The number of carbonyl (C=O) groups is 2. The van der Waals surface area contributed by atoms with E-state index in [1.165, 1.54) is 0 Å². The molecule has 0 heterocycles. The molecule has 0 aromatic heterocycles. The summed E-state index contributed by atoms with van der Waals surface area (Å²) in [5.74, 6) is -1.02. The second-order valence-electron chi connectivity index (χ2n) is 14.9. The summed E-state index contributed by atoms with van der Waals surface area (Å²) in [4.78, 5) is 37.5. The number of phosphoric acid groups is 1. The van der Waals surface area contributed by atoms with Crippen LogP contribution < -0.4 is 4.89 Å². The molecule has 2 atom stereocenters. The molecule has 0 amide bonds. The van der Waals surface area contributed by atoms with Crippen molar-refractivity contribution in [1.82, 2.24) is 0 Å². The monoisotopic (exact) mass is 852 g/mol. The number of esters is 2. The Balaban J connectivity index is 4.61. The van der Waals surface area contributed by atoms with Crippen molar-refractivity contribution in [2.24, 2.45) is 0 Å². The average molecular weight is 852 g/mol. The van der Waals surface area contributed by atoms with E-state index in [9.17, 15) is 19.0 Å². The fourth-order valence-electron chi connectivity index (χ4n) is 4.83. The number of quaternary nitrogens is 1. The van der Waals surface area contributed by atoms with Crippen molar-refractivity contribution < 1.29 is 42.1 Å². The Morgan fingerprint density at radius 1 is 0.517 bits per heavy atom. The predicted octanol–water partition coefficient (Wildman–Crippen LogP) is 12.0. The van der Waals surface area contributed by atoms with Gasteiger partial charge in [0.25, 0.3) is 7.82 Å². The van der Waals surface area contributed by atoms with Gasteiger partial charge in [-0.3, -0.25) is 14.2 Å². The summed E-state index contributed by atoms with van der Waals surface area (Å²) in [7, 11) is 1.06. The summed E-state index contributed by atoms with van der Waals surface area (Å²) in [6.45, 7) is 3.80. The van der Waals surface area contributed by atoms with Crippen molar-refractivity contribution in [1.29, 1.82) is 0 Å². The number of nitrogens with zero attached hydrogens (tertiary/aromatic N) is 1. The molecule has 0 saturated carbocycles. The van der Waals surface area contributed by atoms with Crippen LogP contribution in [0.2, 0.25) is 0 Å². The van der Waals surface area contributed by atoms with Crippen LogP contribution in [0, 0.1) is 0 Å². The predicted molar refractivity (Wildman–Crippen MR) is 249 cm³/mol. The number of rotatable bonds is 37. The fourth-order valence-corrected chi connectivity index (χ4v) is 5.56. The van der Waals surface area contributed by atoms with Crippen LogP contribution in [0.15, 0.2) is 134 Å². The highest BCUT2D eigenvalue weighted by atomic mass is 31.2. The van der Waals surface area contributed by atoms with E-state index < -0.39 is 32.5 Å². The third kappa shape index (κ3) is 43.7. The second-order valence-corrected chi connectivity index (χ2v) is 16.4. The second kappa shape index (κ2) is 40.6. The van der Waals surface area contributed by atoms with Crippen LogP contribution in [-0.2, 0) is 32.7 Å². The summed E-state index contributed by atoms with van der Waals surface area (Å²) >= 11 is 0. The van der Waals surface area contributed by atoms with Gasteiger partial charge in [-0.15, -0.1) is 0 Å². The third-order valence-corrected chi connectivity index (χ3v) is 9.14. The Labute approximate surface area is 364 Å². The Kier molecular flexibility index (Phi) is 37.9. The molecule has 0 aliphatic heterocycles. The molecule has 0 aromatic carbocycles. The van der Waals surface area contributed by atoms with Crippen LogP contribution >= 0.6 is 7.82 Å². The van der Waals surface area contributed by atoms with Crippen molar-refractivity contribution in [3.63, 3.8) is 0 Å². The SMILES string of the molecule is CC/C=C/C/C=C/C/C=C/C/C=C/C/C=C/C/C=C/CCC(=O)OC[C@H](COP(=O)([O-])OCC[N+](C)(C)C)OC(=O)CCC/C=C/C/C=C/C/C=C/C/C=C/C/C=C/CC. The molecule has 336 valence electrons. The van der Waals surface area contributed by atoms with Gasteiger partial charge < -0.3 is 27.9 Å². The third-order valence-electron chi connectivity index (χ3n) is 8.18. The summed E-state index contributed by atoms with van der Waals surface area (Å²) in [6.07, 6.45) is 57.9. The van der Waals surface area contributed by atoms with Crippen LogP contribution in [0.4, 0.5) is 0 Å². The first kappa shape index (κ1) is 56.1. The molecule has 0 aliphatic carbocycles. The largest absolute Gasteiger partial charge is 0.756 e. The number of likely N-dealkylation sites (N-methyl/N-ethyl adjacent to an activating group) is 1. The van der Waals surface area contributed by atoms with E-state index in [1.54, 1.807) is 0 Å². The van der Waals surface area contributed by atoms with Gasteiger partial charge >= 0.3 is 11.9 Å². The number of ether oxygens (including phenoxy) is 2. The first-order chi connectivity index (χ1) is 29.0. The van der Waals surface area contributed by atoms with Gasteiger partial charge in [-0.1, -0.05) is 148 Å². The van der Waals surface area contributed by atoms with Crippen LogP contribution in [0.5, 0.6) is 0 Å². The molecule has 0 spiro atoms. The number of allylic oxidation sites excluding steroid dienone is 22. The molecular weight excluding hydrogens is 774 g/mol. The zero-order valence-electron chi connectivity index (χ0n) is 37.6. The standard InChI is InChI=1S/C50H78NO8P/c1-6-8-10-12-14-16-18-20-22-24-25-27-28-30-32-34-36-38-40-42-49(52)56-46-48(47-58-60(54,55)57-45-44-51(3,4)5)59-50(53)43-41-39-37-35-33-31-29-26-23-21-19-17-15-13-11-9-7-2/h8-11,14-17,20-23,25,27,29-32,35-38,48H,6-7,12-13,18-19,24,26,28,33-34,39-47H2,1-5H3/b10-8+,11-9+,16-14+,17-15+,22-20+,23-21+,27-25+,31-29+,32-30+,37-35+,38-36+/t48-/m1/s1. The molecule has 60 heavy (non-hydrogen) atoms. The van der Waals surface area contributed by atoms with Crippen LogP contribution in [-0.4, -0.2) is 70.0 Å². The highest BCUT2D eigenvalue weighted by molar-refractivity contribution is 7.45. The van der Waals surface area contributed by atoms with Crippen LogP contribution in [0.1, 0.15) is 117 Å². The molecule has 0 bridgehead atoms. The number of hydrogen-bond acceptors (Lipinski definition) is 8. The van der Waals surface area contributed by atoms with E-state index in [0.29, 0.717) is 30.3 Å². The van der Waals surface area contributed by atoms with Crippen molar-refractivity contribution in [2.75, 3.05) is 47.5 Å². The Hall–Kier alpha value is -3.85. The van der Waals surface area contributed by atoms with E-state index in [4.69, 9.17) is 18.5 Å². The Morgan fingerprint density at radius 2 is 0.900 bits per heavy atom. The quantitative estimate of drug-likeness (QED) is 0.0200. The fraction of sp³-hybridized carbons (Fsp3) is 0.520. The van der Waals surface area contributed by atoms with Crippen molar-refractivity contribution in [3.8, 4) is 0 Å². The molecule has 0 radical (unpaired) electrons. The van der Waals surface area contributed by atoms with Crippen LogP contribution in [0.25, 0.3) is 0 Å². The highest BCUT2D eigenvalue weighted by Gasteiger charge is 2.21. The van der Waals surface area contributed by atoms with Gasteiger partial charge in [0.15, 0.2) is 6.10 Å². The summed E-state index contributed by atoms with van der Waals surface area (Å²) < 4.78 is 33.7. The molecule has 0 aromatic rings. The summed E-state index contributed by atoms with van der Waals surface area (Å²) in [5.41, 5.74) is 0. The molecule has 0 N–H and O–H groups in total. The molecule has 10 heteroatoms. The number of phosphoric ester groups is 1. The molecule has 0 fully saturated rings. The van der Waals surface area contributed by atoms with Gasteiger partial charge in [0.05, 0.1) is 27.7 Å². The number of hydrogen-bond donors (Lipinski definition) is 0. The highest BCUT2D eigenvalue weighted by Crippen LogP contribution is 2.38. The molecule has 0 rings (SSSR count). The maximum Gasteiger partial charge on any atom is 0.306 e. The van der Waals surface area contributed by atoms with E-state index in [2.05, 4.69) is 129 Å².